The third-order valence-electron chi connectivity index (χ3n) is 4.13. The van der Waals surface area contributed by atoms with Crippen LogP contribution in [0.2, 0.25) is 0 Å². The average Bonchev–Trinajstić information content (AvgIpc) is 3.05. The van der Waals surface area contributed by atoms with Gasteiger partial charge in [0.2, 0.25) is 0 Å². The monoisotopic (exact) mass is 495 g/mol. The number of aliphatic imine (C=N–C) groups is 1. The van der Waals surface area contributed by atoms with Crippen LogP contribution in [0.1, 0.15) is 36.8 Å². The lowest BCUT2D eigenvalue weighted by atomic mass is 10.1. The van der Waals surface area contributed by atoms with Gasteiger partial charge in [0.15, 0.2) is 15.8 Å². The van der Waals surface area contributed by atoms with Gasteiger partial charge in [-0.1, -0.05) is 17.7 Å². The number of allylic oxidation sites excluding steroid dienone is 1. The second-order valence-electron chi connectivity index (χ2n) is 6.34. The molecule has 1 aromatic rings. The first-order valence-corrected chi connectivity index (χ1v) is 10.5. The highest BCUT2D eigenvalue weighted by Crippen LogP contribution is 2.19. The van der Waals surface area contributed by atoms with Crippen LogP contribution in [0.3, 0.4) is 0 Å². The second-order valence-corrected chi connectivity index (χ2v) is 8.48. The highest BCUT2D eigenvalue weighted by atomic mass is 127. The third kappa shape index (κ3) is 8.03. The Bertz CT molecular complexity index is 764. The molecule has 26 heavy (non-hydrogen) atoms. The Hall–Kier alpha value is -1.16. The standard InChI is InChI=1S/C18H26FN3O2S.HI/c1-20-18(21-10-9-14-5-3-4-6-14)22-12-16-11-17(19)8-7-15(16)13-25(2,23)24;/h5,7-8,11H,3-4,6,9-10,12-13H2,1-2H3,(H2,20,21,22);1H. The highest BCUT2D eigenvalue weighted by molar-refractivity contribution is 14.0. The molecule has 0 unspecified atom stereocenters. The van der Waals surface area contributed by atoms with E-state index in [4.69, 9.17) is 0 Å². The molecule has 1 aliphatic rings. The van der Waals surface area contributed by atoms with Gasteiger partial charge in [-0.15, -0.1) is 24.0 Å². The third-order valence-corrected chi connectivity index (χ3v) is 4.96. The van der Waals surface area contributed by atoms with Crippen LogP contribution < -0.4 is 10.6 Å². The topological polar surface area (TPSA) is 70.6 Å². The van der Waals surface area contributed by atoms with Crippen molar-refractivity contribution in [2.24, 2.45) is 4.99 Å². The summed E-state index contributed by atoms with van der Waals surface area (Å²) < 4.78 is 36.6. The zero-order valence-electron chi connectivity index (χ0n) is 15.2. The minimum absolute atomic E-state index is 0. The van der Waals surface area contributed by atoms with Crippen molar-refractivity contribution in [3.63, 3.8) is 0 Å². The van der Waals surface area contributed by atoms with Crippen molar-refractivity contribution < 1.29 is 12.8 Å². The van der Waals surface area contributed by atoms with Crippen molar-refractivity contribution in [3.05, 3.63) is 46.8 Å². The van der Waals surface area contributed by atoms with Crippen LogP contribution in [0.15, 0.2) is 34.8 Å². The molecule has 146 valence electrons. The maximum absolute atomic E-state index is 13.5. The van der Waals surface area contributed by atoms with E-state index in [0.717, 1.165) is 13.0 Å². The van der Waals surface area contributed by atoms with E-state index in [-0.39, 0.29) is 35.5 Å². The summed E-state index contributed by atoms with van der Waals surface area (Å²) >= 11 is 0. The lowest BCUT2D eigenvalue weighted by molar-refractivity contribution is 0.599. The Morgan fingerprint density at radius 1 is 1.27 bits per heavy atom. The van der Waals surface area contributed by atoms with Crippen molar-refractivity contribution >= 4 is 39.8 Å². The summed E-state index contributed by atoms with van der Waals surface area (Å²) in [6.07, 6.45) is 8.04. The Balaban J connectivity index is 0.00000338. The van der Waals surface area contributed by atoms with Gasteiger partial charge in [0, 0.05) is 26.4 Å². The molecule has 2 rings (SSSR count). The maximum atomic E-state index is 13.5. The van der Waals surface area contributed by atoms with Gasteiger partial charge in [-0.3, -0.25) is 4.99 Å². The molecule has 5 nitrogen and oxygen atoms in total. The minimum Gasteiger partial charge on any atom is -0.356 e. The number of sulfone groups is 1. The predicted octanol–water partition coefficient (Wildman–Crippen LogP) is 3.15. The summed E-state index contributed by atoms with van der Waals surface area (Å²) in [7, 11) is -1.51. The molecular formula is C18H27FIN3O2S. The van der Waals surface area contributed by atoms with Crippen molar-refractivity contribution in [3.8, 4) is 0 Å². The Kier molecular flexibility index (Phi) is 9.56. The Labute approximate surface area is 172 Å². The normalized spacial score (nSPS) is 14.6. The van der Waals surface area contributed by atoms with Crippen molar-refractivity contribution in [1.82, 2.24) is 10.6 Å². The van der Waals surface area contributed by atoms with E-state index in [1.807, 2.05) is 0 Å². The van der Waals surface area contributed by atoms with Crippen molar-refractivity contribution in [1.29, 1.82) is 0 Å². The van der Waals surface area contributed by atoms with Gasteiger partial charge in [-0.25, -0.2) is 12.8 Å². The van der Waals surface area contributed by atoms with E-state index in [9.17, 15) is 12.8 Å². The zero-order valence-corrected chi connectivity index (χ0v) is 18.4. The smallest absolute Gasteiger partial charge is 0.191 e. The van der Waals surface area contributed by atoms with Gasteiger partial charge in [0.05, 0.1) is 5.75 Å². The number of benzene rings is 1. The molecule has 1 aromatic carbocycles. The summed E-state index contributed by atoms with van der Waals surface area (Å²) in [5, 5.41) is 6.36. The number of nitrogens with zero attached hydrogens (tertiary/aromatic N) is 1. The van der Waals surface area contributed by atoms with E-state index < -0.39 is 9.84 Å². The summed E-state index contributed by atoms with van der Waals surface area (Å²) in [5.74, 6) is 0.128. The Morgan fingerprint density at radius 2 is 2.04 bits per heavy atom. The summed E-state index contributed by atoms with van der Waals surface area (Å²) in [4.78, 5) is 4.16. The van der Waals surface area contributed by atoms with E-state index in [2.05, 4.69) is 21.7 Å². The summed E-state index contributed by atoms with van der Waals surface area (Å²) in [6.45, 7) is 1.09. The van der Waals surface area contributed by atoms with Crippen LogP contribution in [0, 0.1) is 5.82 Å². The zero-order chi connectivity index (χ0) is 18.3. The van der Waals surface area contributed by atoms with Crippen LogP contribution in [0.4, 0.5) is 4.39 Å². The van der Waals surface area contributed by atoms with Gasteiger partial charge in [0.1, 0.15) is 5.82 Å². The molecule has 8 heteroatoms. The SMILES string of the molecule is CN=C(NCCC1=CCCC1)NCc1cc(F)ccc1CS(C)(=O)=O.I. The molecule has 0 radical (unpaired) electrons. The lowest BCUT2D eigenvalue weighted by Gasteiger charge is -2.14. The summed E-state index contributed by atoms with van der Waals surface area (Å²) in [6, 6.07) is 4.17. The molecule has 0 aromatic heterocycles. The molecule has 0 heterocycles. The molecule has 0 spiro atoms. The first kappa shape index (κ1) is 22.9. The van der Waals surface area contributed by atoms with E-state index in [0.29, 0.717) is 23.6 Å². The molecule has 0 saturated carbocycles. The van der Waals surface area contributed by atoms with Gasteiger partial charge in [0.25, 0.3) is 0 Å². The lowest BCUT2D eigenvalue weighted by Crippen LogP contribution is -2.37. The maximum Gasteiger partial charge on any atom is 0.191 e. The number of hydrogen-bond donors (Lipinski definition) is 2. The molecular weight excluding hydrogens is 468 g/mol. The fraction of sp³-hybridized carbons (Fsp3) is 0.500. The number of rotatable bonds is 7. The molecule has 0 atom stereocenters. The number of nitrogens with one attached hydrogen (secondary N) is 2. The summed E-state index contributed by atoms with van der Waals surface area (Å²) in [5.41, 5.74) is 2.69. The fourth-order valence-corrected chi connectivity index (χ4v) is 3.73. The van der Waals surface area contributed by atoms with Gasteiger partial charge in [-0.05, 0) is 48.9 Å². The van der Waals surface area contributed by atoms with E-state index in [1.54, 1.807) is 7.05 Å². The molecule has 0 amide bonds. The highest BCUT2D eigenvalue weighted by Gasteiger charge is 2.11. The van der Waals surface area contributed by atoms with Crippen LogP contribution >= 0.6 is 24.0 Å². The van der Waals surface area contributed by atoms with Crippen LogP contribution in [-0.4, -0.2) is 34.2 Å². The van der Waals surface area contributed by atoms with Gasteiger partial charge >= 0.3 is 0 Å². The number of guanidine groups is 1. The largest absolute Gasteiger partial charge is 0.356 e. The fourth-order valence-electron chi connectivity index (χ4n) is 2.89. The van der Waals surface area contributed by atoms with E-state index >= 15 is 0 Å². The number of hydrogen-bond acceptors (Lipinski definition) is 3. The average molecular weight is 495 g/mol. The molecule has 0 saturated heterocycles. The molecule has 0 fully saturated rings. The van der Waals surface area contributed by atoms with Gasteiger partial charge < -0.3 is 10.6 Å². The van der Waals surface area contributed by atoms with E-state index in [1.165, 1.54) is 49.3 Å². The number of halogens is 2. The van der Waals surface area contributed by atoms with Crippen LogP contribution in [-0.2, 0) is 22.1 Å². The van der Waals surface area contributed by atoms with Crippen molar-refractivity contribution in [2.75, 3.05) is 19.8 Å². The second kappa shape index (κ2) is 10.9. The Morgan fingerprint density at radius 3 is 2.65 bits per heavy atom. The predicted molar refractivity (Wildman–Crippen MR) is 115 cm³/mol. The molecule has 1 aliphatic carbocycles. The van der Waals surface area contributed by atoms with Crippen molar-refractivity contribution in [2.45, 2.75) is 38.0 Å². The van der Waals surface area contributed by atoms with Crippen LogP contribution in [0.5, 0.6) is 0 Å². The first-order valence-electron chi connectivity index (χ1n) is 8.45. The minimum atomic E-state index is -3.18. The molecule has 0 bridgehead atoms. The van der Waals surface area contributed by atoms with Gasteiger partial charge in [-0.2, -0.15) is 0 Å². The first-order chi connectivity index (χ1) is 11.9. The quantitative estimate of drug-likeness (QED) is 0.264. The molecule has 0 aliphatic heterocycles. The van der Waals surface area contributed by atoms with Crippen LogP contribution in [0.25, 0.3) is 0 Å². The molecule has 2 N–H and O–H groups in total.